The largest absolute Gasteiger partial charge is 0.337 e. The molecule has 248 valence electrons. The van der Waals surface area contributed by atoms with Crippen LogP contribution in [0.1, 0.15) is 56.6 Å². The summed E-state index contributed by atoms with van der Waals surface area (Å²) in [5.41, 5.74) is 7.53. The van der Waals surface area contributed by atoms with E-state index in [-0.39, 0.29) is 12.1 Å². The fraction of sp³-hybridized carbons (Fsp3) is 0.311. The maximum Gasteiger partial charge on any atom is 0.164 e. The lowest BCUT2D eigenvalue weighted by molar-refractivity contribution is 0.156. The van der Waals surface area contributed by atoms with Crippen LogP contribution in [0.25, 0.3) is 22.5 Å². The molecule has 7 unspecified atom stereocenters. The number of nitrogens with zero attached hydrogens (tertiary/aromatic N) is 5. The number of hydrogen-bond acceptors (Lipinski definition) is 5. The van der Waals surface area contributed by atoms with Gasteiger partial charge in [0.25, 0.3) is 0 Å². The minimum absolute atomic E-state index is 0.217. The van der Waals surface area contributed by atoms with Gasteiger partial charge in [0.2, 0.25) is 0 Å². The Labute approximate surface area is 295 Å². The van der Waals surface area contributed by atoms with Crippen LogP contribution < -0.4 is 0 Å². The summed E-state index contributed by atoms with van der Waals surface area (Å²) in [5.74, 6) is 3.72. The van der Waals surface area contributed by atoms with Crippen LogP contribution in [0.3, 0.4) is 0 Å². The molecular formula is C45H43N5. The second kappa shape index (κ2) is 12.5. The standard InChI is InChI=1S/C45H43N5/c1-3-15-30(16-4-1)43-46-44(31-17-5-2-6-18-31)48-45(47-43)32-27-33(49-39-23-11-7-19-35(39)36-20-8-12-24-40(36)49)29-34(28-32)50-41-25-13-9-21-37(41)38-22-10-14-26-42(38)50/h1,3-5,7-11,13,15-23,25,27,29,34-35,37-39,41-42H,2,6,12,14,24,26,28H2. The molecule has 7 atom stereocenters. The Morgan fingerprint density at radius 3 is 2.40 bits per heavy atom. The Hall–Kier alpha value is -4.87. The van der Waals surface area contributed by atoms with Crippen LogP contribution in [-0.2, 0) is 0 Å². The Balaban J connectivity index is 1.13. The minimum atomic E-state index is 0.217. The predicted molar refractivity (Wildman–Crippen MR) is 202 cm³/mol. The molecule has 0 spiro atoms. The highest BCUT2D eigenvalue weighted by atomic mass is 15.3. The topological polar surface area (TPSA) is 45.2 Å². The molecule has 0 N–H and O–H groups in total. The molecule has 1 fully saturated rings. The normalized spacial score (nSPS) is 32.0. The Kier molecular flexibility index (Phi) is 7.48. The third-order valence-corrected chi connectivity index (χ3v) is 12.0. The second-order valence-corrected chi connectivity index (χ2v) is 14.8. The van der Waals surface area contributed by atoms with E-state index in [0.717, 1.165) is 67.1 Å². The maximum atomic E-state index is 5.30. The van der Waals surface area contributed by atoms with E-state index in [1.54, 1.807) is 0 Å². The molecule has 1 aromatic carbocycles. The molecule has 0 bridgehead atoms. The zero-order valence-electron chi connectivity index (χ0n) is 28.4. The van der Waals surface area contributed by atoms with Crippen LogP contribution in [0.15, 0.2) is 151 Å². The van der Waals surface area contributed by atoms with Gasteiger partial charge in [0.05, 0.1) is 6.04 Å². The zero-order chi connectivity index (χ0) is 33.0. The van der Waals surface area contributed by atoms with Crippen molar-refractivity contribution in [2.75, 3.05) is 0 Å². The predicted octanol–water partition coefficient (Wildman–Crippen LogP) is 9.10. The summed E-state index contributed by atoms with van der Waals surface area (Å²) in [6, 6.07) is 11.8. The van der Waals surface area contributed by atoms with Gasteiger partial charge >= 0.3 is 0 Å². The van der Waals surface area contributed by atoms with E-state index in [0.29, 0.717) is 29.8 Å². The van der Waals surface area contributed by atoms with Gasteiger partial charge in [-0.2, -0.15) is 0 Å². The van der Waals surface area contributed by atoms with E-state index in [9.17, 15) is 0 Å². The monoisotopic (exact) mass is 653 g/mol. The average molecular weight is 654 g/mol. The number of aromatic nitrogens is 3. The Bertz CT molecular complexity index is 2050. The van der Waals surface area contributed by atoms with E-state index in [1.165, 1.54) is 29.0 Å². The molecule has 10 rings (SSSR count). The number of allylic oxidation sites excluding steroid dienone is 13. The molecule has 50 heavy (non-hydrogen) atoms. The third kappa shape index (κ3) is 5.05. The van der Waals surface area contributed by atoms with Crippen LogP contribution in [0.2, 0.25) is 0 Å². The van der Waals surface area contributed by atoms with Crippen molar-refractivity contribution in [3.63, 3.8) is 0 Å². The molecule has 2 aliphatic heterocycles. The van der Waals surface area contributed by atoms with Crippen LogP contribution in [0.4, 0.5) is 0 Å². The molecule has 2 aromatic rings. The lowest BCUT2D eigenvalue weighted by Gasteiger charge is -2.41. The van der Waals surface area contributed by atoms with E-state index < -0.39 is 0 Å². The van der Waals surface area contributed by atoms with Crippen molar-refractivity contribution in [1.29, 1.82) is 0 Å². The number of fused-ring (bicyclic) bond motifs is 5. The molecule has 5 nitrogen and oxygen atoms in total. The highest BCUT2D eigenvalue weighted by molar-refractivity contribution is 5.74. The van der Waals surface area contributed by atoms with E-state index in [2.05, 4.69) is 143 Å². The fourth-order valence-corrected chi connectivity index (χ4v) is 9.81. The van der Waals surface area contributed by atoms with Crippen molar-refractivity contribution in [2.24, 2.45) is 17.8 Å². The van der Waals surface area contributed by atoms with Gasteiger partial charge in [-0.3, -0.25) is 4.90 Å². The van der Waals surface area contributed by atoms with E-state index in [4.69, 9.17) is 15.0 Å². The van der Waals surface area contributed by atoms with Gasteiger partial charge in [0, 0.05) is 64.0 Å². The minimum Gasteiger partial charge on any atom is -0.337 e. The van der Waals surface area contributed by atoms with Crippen LogP contribution >= 0.6 is 0 Å². The summed E-state index contributed by atoms with van der Waals surface area (Å²) < 4.78 is 0. The first-order valence-electron chi connectivity index (χ1n) is 18.7. The summed E-state index contributed by atoms with van der Waals surface area (Å²) >= 11 is 0. The van der Waals surface area contributed by atoms with Gasteiger partial charge in [-0.15, -0.1) is 0 Å². The summed E-state index contributed by atoms with van der Waals surface area (Å²) in [4.78, 5) is 21.2. The molecular weight excluding hydrogens is 611 g/mol. The highest BCUT2D eigenvalue weighted by Gasteiger charge is 2.50. The molecule has 0 radical (unpaired) electrons. The lowest BCUT2D eigenvalue weighted by atomic mass is 9.81. The van der Waals surface area contributed by atoms with Gasteiger partial charge in [0.15, 0.2) is 17.5 Å². The number of rotatable bonds is 5. The van der Waals surface area contributed by atoms with Crippen LogP contribution in [0, 0.1) is 17.8 Å². The Morgan fingerprint density at radius 2 is 1.50 bits per heavy atom. The van der Waals surface area contributed by atoms with Crippen LogP contribution in [0.5, 0.6) is 0 Å². The van der Waals surface area contributed by atoms with E-state index in [1.807, 2.05) is 0 Å². The van der Waals surface area contributed by atoms with Crippen molar-refractivity contribution in [1.82, 2.24) is 24.8 Å². The van der Waals surface area contributed by atoms with Gasteiger partial charge in [-0.1, -0.05) is 121 Å². The lowest BCUT2D eigenvalue weighted by Crippen LogP contribution is -2.46. The smallest absolute Gasteiger partial charge is 0.164 e. The third-order valence-electron chi connectivity index (χ3n) is 12.0. The van der Waals surface area contributed by atoms with Gasteiger partial charge in [-0.25, -0.2) is 15.0 Å². The molecule has 3 heterocycles. The van der Waals surface area contributed by atoms with E-state index >= 15 is 0 Å². The second-order valence-electron chi connectivity index (χ2n) is 14.8. The van der Waals surface area contributed by atoms with Crippen molar-refractivity contribution in [2.45, 2.75) is 69.1 Å². The number of benzene rings is 1. The zero-order valence-corrected chi connectivity index (χ0v) is 28.4. The maximum absolute atomic E-state index is 5.30. The highest BCUT2D eigenvalue weighted by Crippen LogP contribution is 2.49. The molecule has 0 saturated carbocycles. The molecule has 0 amide bonds. The Morgan fingerprint density at radius 1 is 0.680 bits per heavy atom. The molecule has 8 aliphatic rings. The average Bonchev–Trinajstić information content (AvgIpc) is 3.71. The first kappa shape index (κ1) is 30.0. The number of likely N-dealkylation sites (tertiary alicyclic amines) is 1. The van der Waals surface area contributed by atoms with Crippen molar-refractivity contribution in [3.05, 3.63) is 162 Å². The SMILES string of the molecule is C1=CC2C3=C(CCC=C3)N(C3=CC(N4C5C=CC=CC5C5C=CCCC54)CC(c4nc(C5=CCCC=C5)nc(-c5ccccc5)n4)=C3)C2C=C1. The van der Waals surface area contributed by atoms with Gasteiger partial charge < -0.3 is 4.90 Å². The quantitative estimate of drug-likeness (QED) is 0.301. The summed E-state index contributed by atoms with van der Waals surface area (Å²) in [6.07, 6.45) is 47.6. The summed E-state index contributed by atoms with van der Waals surface area (Å²) in [7, 11) is 0. The van der Waals surface area contributed by atoms with Gasteiger partial charge in [-0.05, 0) is 62.7 Å². The van der Waals surface area contributed by atoms with Crippen molar-refractivity contribution in [3.8, 4) is 11.4 Å². The first-order valence-corrected chi connectivity index (χ1v) is 18.7. The molecule has 1 aromatic heterocycles. The summed E-state index contributed by atoms with van der Waals surface area (Å²) in [6.45, 7) is 0. The summed E-state index contributed by atoms with van der Waals surface area (Å²) in [5, 5.41) is 0. The van der Waals surface area contributed by atoms with Crippen molar-refractivity contribution < 1.29 is 0 Å². The first-order chi connectivity index (χ1) is 24.8. The fourth-order valence-electron chi connectivity index (χ4n) is 9.81. The molecule has 6 aliphatic carbocycles. The number of hydrogen-bond donors (Lipinski definition) is 0. The molecule has 1 saturated heterocycles. The molecule has 5 heteroatoms. The van der Waals surface area contributed by atoms with Crippen LogP contribution in [-0.4, -0.2) is 48.9 Å². The van der Waals surface area contributed by atoms with Gasteiger partial charge in [0.1, 0.15) is 0 Å². The van der Waals surface area contributed by atoms with Crippen molar-refractivity contribution >= 4 is 11.1 Å².